The summed E-state index contributed by atoms with van der Waals surface area (Å²) in [6, 6.07) is 2.39. The Kier molecular flexibility index (Phi) is 77.3. The molecule has 0 aliphatic rings. The van der Waals surface area contributed by atoms with E-state index in [4.69, 9.17) is 5.26 Å². The number of unbranched alkanes of at least 4 members (excludes halogenated alkanes) is 3. The first-order valence-electron chi connectivity index (χ1n) is 5.89. The van der Waals surface area contributed by atoms with Gasteiger partial charge in [0.2, 0.25) is 0 Å². The second kappa shape index (κ2) is 36.2. The number of nitriles is 1. The monoisotopic (exact) mass is 289 g/mol. The maximum atomic E-state index is 8.90. The van der Waals surface area contributed by atoms with E-state index < -0.39 is 0 Å². The average molecular weight is 290 g/mol. The van der Waals surface area contributed by atoms with Crippen LogP contribution in [0.25, 0.3) is 0 Å². The molecule has 0 spiro atoms. The summed E-state index contributed by atoms with van der Waals surface area (Å²) in [6.45, 7) is 4.34. The van der Waals surface area contributed by atoms with E-state index in [0.29, 0.717) is 0 Å². The van der Waals surface area contributed by atoms with Crippen molar-refractivity contribution < 1.29 is 0 Å². The van der Waals surface area contributed by atoms with Gasteiger partial charge in [0.25, 0.3) is 0 Å². The van der Waals surface area contributed by atoms with Crippen LogP contribution in [0.5, 0.6) is 0 Å². The molecule has 0 aliphatic heterocycles. The van der Waals surface area contributed by atoms with Crippen LogP contribution >= 0.6 is 0 Å². The Hall–Kier alpha value is -0.770. The molecule has 0 fully saturated rings. The normalized spacial score (nSPS) is 9.05. The summed E-state index contributed by atoms with van der Waals surface area (Å²) in [4.78, 5) is 0. The van der Waals surface area contributed by atoms with Gasteiger partial charge in [-0.1, -0.05) is 96.2 Å². The van der Waals surface area contributed by atoms with Crippen molar-refractivity contribution in [2.45, 2.75) is 103 Å². The number of nitrogens with zero attached hydrogens (tertiary/aromatic N) is 1. The number of allylic oxidation sites excluding steroid dienone is 2. The molecule has 0 aromatic heterocycles. The fourth-order valence-electron chi connectivity index (χ4n) is 1.48. The van der Waals surface area contributed by atoms with Crippen LogP contribution in [0.4, 0.5) is 0 Å². The maximum Gasteiger partial charge on any atom is 0.0659 e. The molecular weight excluding hydrogens is 242 g/mol. The zero-order valence-electron chi connectivity index (χ0n) is 9.63. The minimum atomic E-state index is 0. The van der Waals surface area contributed by atoms with Crippen LogP contribution in [0.15, 0.2) is 12.2 Å². The summed E-state index contributed by atoms with van der Waals surface area (Å²) < 4.78 is 0. The van der Waals surface area contributed by atoms with Crippen molar-refractivity contribution in [2.75, 3.05) is 0 Å². The van der Waals surface area contributed by atoms with Crippen molar-refractivity contribution in [3.8, 4) is 6.07 Å². The lowest BCUT2D eigenvalue weighted by atomic mass is 9.98. The molecule has 128 valence electrons. The Morgan fingerprint density at radius 2 is 1.40 bits per heavy atom. The fourth-order valence-corrected chi connectivity index (χ4v) is 1.48. The minimum absolute atomic E-state index is 0. The number of rotatable bonds is 8. The lowest BCUT2D eigenvalue weighted by Gasteiger charge is -2.04. The van der Waals surface area contributed by atoms with E-state index in [2.05, 4.69) is 32.1 Å². The van der Waals surface area contributed by atoms with E-state index in [0.717, 1.165) is 19.3 Å². The van der Waals surface area contributed by atoms with Crippen molar-refractivity contribution >= 4 is 0 Å². The summed E-state index contributed by atoms with van der Waals surface area (Å²) in [5.74, 6) is 0.245. The third-order valence-electron chi connectivity index (χ3n) is 2.41. The van der Waals surface area contributed by atoms with Gasteiger partial charge in [-0.25, -0.2) is 0 Å². The first-order chi connectivity index (χ1) is 6.85. The zero-order valence-corrected chi connectivity index (χ0v) is 9.63. The van der Waals surface area contributed by atoms with Gasteiger partial charge in [0.05, 0.1) is 6.07 Å². The molecule has 0 aromatic carbocycles. The third-order valence-corrected chi connectivity index (χ3v) is 2.41. The largest absolute Gasteiger partial charge is 0.198 e. The first kappa shape index (κ1) is 42.7. The summed E-state index contributed by atoms with van der Waals surface area (Å²) >= 11 is 0. The molecule has 0 radical (unpaired) electrons. The van der Waals surface area contributed by atoms with Crippen LogP contribution in [0.3, 0.4) is 0 Å². The lowest BCUT2D eigenvalue weighted by Crippen LogP contribution is -1.95. The van der Waals surface area contributed by atoms with Gasteiger partial charge < -0.3 is 0 Å². The highest BCUT2D eigenvalue weighted by molar-refractivity contribution is 4.91. The SMILES string of the molecule is C.C.C.C.C.C.CCC=CCC(C#N)CCCCCC. The topological polar surface area (TPSA) is 23.8 Å². The molecule has 1 atom stereocenters. The maximum absolute atomic E-state index is 8.90. The van der Waals surface area contributed by atoms with E-state index in [-0.39, 0.29) is 50.5 Å². The molecule has 1 unspecified atom stereocenters. The fraction of sp³-hybridized carbons (Fsp3) is 0.842. The molecule has 0 amide bonds. The Balaban J connectivity index is -0.0000000563. The van der Waals surface area contributed by atoms with Gasteiger partial charge in [0.15, 0.2) is 0 Å². The van der Waals surface area contributed by atoms with E-state index in [1.165, 1.54) is 25.7 Å². The highest BCUT2D eigenvalue weighted by Gasteiger charge is 2.03. The zero-order chi connectivity index (χ0) is 10.6. The molecule has 0 rings (SSSR count). The van der Waals surface area contributed by atoms with Gasteiger partial charge in [-0.2, -0.15) is 5.26 Å². The predicted octanol–water partition coefficient (Wildman–Crippen LogP) is 8.27. The Morgan fingerprint density at radius 3 is 1.80 bits per heavy atom. The lowest BCUT2D eigenvalue weighted by molar-refractivity contribution is 0.542. The predicted molar refractivity (Wildman–Crippen MR) is 102 cm³/mol. The molecule has 20 heavy (non-hydrogen) atoms. The molecule has 1 nitrogen and oxygen atoms in total. The molecule has 0 saturated heterocycles. The van der Waals surface area contributed by atoms with Gasteiger partial charge in [-0.15, -0.1) is 0 Å². The van der Waals surface area contributed by atoms with Gasteiger partial charge >= 0.3 is 0 Å². The van der Waals surface area contributed by atoms with E-state index in [1.54, 1.807) is 0 Å². The molecular formula is C19H47N. The third kappa shape index (κ3) is 30.3. The van der Waals surface area contributed by atoms with Gasteiger partial charge in [0, 0.05) is 5.92 Å². The van der Waals surface area contributed by atoms with E-state index in [9.17, 15) is 0 Å². The molecule has 1 heteroatoms. The van der Waals surface area contributed by atoms with Crippen LogP contribution in [0.1, 0.15) is 103 Å². The highest BCUT2D eigenvalue weighted by Crippen LogP contribution is 2.14. The minimum Gasteiger partial charge on any atom is -0.198 e. The van der Waals surface area contributed by atoms with Crippen molar-refractivity contribution in [3.63, 3.8) is 0 Å². The van der Waals surface area contributed by atoms with Gasteiger partial charge in [0.1, 0.15) is 0 Å². The average Bonchev–Trinajstić information content (AvgIpc) is 2.22. The number of hydrogen-bond donors (Lipinski definition) is 0. The second-order valence-electron chi connectivity index (χ2n) is 3.79. The summed E-state index contributed by atoms with van der Waals surface area (Å²) in [5, 5.41) is 8.90. The van der Waals surface area contributed by atoms with Crippen LogP contribution in [0, 0.1) is 17.2 Å². The van der Waals surface area contributed by atoms with Crippen molar-refractivity contribution in [1.29, 1.82) is 5.26 Å². The smallest absolute Gasteiger partial charge is 0.0659 e. The standard InChI is InChI=1S/C13H23N.6CH4/c1-3-5-7-9-11-13(12-14)10-8-6-4-2;;;;;;/h6,8,13H,3-5,7,9-11H2,1-2H3;6*1H4. The summed E-state index contributed by atoms with van der Waals surface area (Å²) in [5.41, 5.74) is 0. The molecule has 0 bridgehead atoms. The molecule has 0 saturated carbocycles. The van der Waals surface area contributed by atoms with Gasteiger partial charge in [-0.05, 0) is 19.3 Å². The first-order valence-corrected chi connectivity index (χ1v) is 5.89. The molecule has 0 aliphatic carbocycles. The molecule has 0 aromatic rings. The molecule has 0 N–H and O–H groups in total. The van der Waals surface area contributed by atoms with E-state index in [1.807, 2.05) is 0 Å². The second-order valence-corrected chi connectivity index (χ2v) is 3.79. The Labute approximate surface area is 133 Å². The Bertz CT molecular complexity index is 177. The highest BCUT2D eigenvalue weighted by atomic mass is 14.3. The Morgan fingerprint density at radius 1 is 0.850 bits per heavy atom. The van der Waals surface area contributed by atoms with Gasteiger partial charge in [-0.3, -0.25) is 0 Å². The van der Waals surface area contributed by atoms with Crippen molar-refractivity contribution in [1.82, 2.24) is 0 Å². The van der Waals surface area contributed by atoms with Crippen LogP contribution in [-0.4, -0.2) is 0 Å². The van der Waals surface area contributed by atoms with E-state index >= 15 is 0 Å². The molecule has 0 heterocycles. The van der Waals surface area contributed by atoms with Crippen LogP contribution < -0.4 is 0 Å². The number of hydrogen-bond acceptors (Lipinski definition) is 1. The summed E-state index contributed by atoms with van der Waals surface area (Å²) in [6.07, 6.45) is 12.5. The van der Waals surface area contributed by atoms with Crippen LogP contribution in [0.2, 0.25) is 0 Å². The quantitative estimate of drug-likeness (QED) is 0.326. The summed E-state index contributed by atoms with van der Waals surface area (Å²) in [7, 11) is 0. The van der Waals surface area contributed by atoms with Crippen LogP contribution in [-0.2, 0) is 0 Å². The van der Waals surface area contributed by atoms with Crippen molar-refractivity contribution in [3.05, 3.63) is 12.2 Å². The van der Waals surface area contributed by atoms with Crippen molar-refractivity contribution in [2.24, 2.45) is 5.92 Å².